The van der Waals surface area contributed by atoms with Crippen molar-refractivity contribution < 1.29 is 9.47 Å². The van der Waals surface area contributed by atoms with E-state index in [0.717, 1.165) is 43.3 Å². The Kier molecular flexibility index (Phi) is 9.35. The number of aryl methyl sites for hydroxylation is 3. The van der Waals surface area contributed by atoms with Gasteiger partial charge >= 0.3 is 0 Å². The molecule has 0 fully saturated rings. The second kappa shape index (κ2) is 11.5. The quantitative estimate of drug-likeness (QED) is 0.246. The van der Waals surface area contributed by atoms with Gasteiger partial charge in [0.25, 0.3) is 0 Å². The minimum Gasteiger partial charge on any atom is -0.486 e. The molecule has 0 amide bonds. The minimum atomic E-state index is 0. The molecule has 29 heavy (non-hydrogen) atoms. The van der Waals surface area contributed by atoms with Crippen molar-refractivity contribution in [1.82, 2.24) is 20.4 Å². The lowest BCUT2D eigenvalue weighted by Crippen LogP contribution is -2.38. The van der Waals surface area contributed by atoms with E-state index < -0.39 is 0 Å². The number of hydrogen-bond donors (Lipinski definition) is 2. The molecule has 2 aromatic rings. The number of ether oxygens (including phenoxy) is 2. The third kappa shape index (κ3) is 6.67. The molecule has 1 aromatic carbocycles. The molecule has 0 atom stereocenters. The number of guanidine groups is 1. The van der Waals surface area contributed by atoms with E-state index in [4.69, 9.17) is 21.1 Å². The lowest BCUT2D eigenvalue weighted by atomic mass is 10.2. The molecular weight excluding hydrogens is 505 g/mol. The first kappa shape index (κ1) is 23.6. The first-order valence-corrected chi connectivity index (χ1v) is 10.1. The fourth-order valence-corrected chi connectivity index (χ4v) is 3.39. The van der Waals surface area contributed by atoms with Gasteiger partial charge in [-0.05, 0) is 51.0 Å². The summed E-state index contributed by atoms with van der Waals surface area (Å²) in [5, 5.41) is 11.7. The van der Waals surface area contributed by atoms with Gasteiger partial charge in [-0.15, -0.1) is 24.0 Å². The molecule has 0 saturated carbocycles. The van der Waals surface area contributed by atoms with Gasteiger partial charge in [0.05, 0.1) is 17.3 Å². The van der Waals surface area contributed by atoms with Crippen LogP contribution in [0, 0.1) is 13.8 Å². The molecule has 7 nitrogen and oxygen atoms in total. The molecule has 0 unspecified atom stereocenters. The normalized spacial score (nSPS) is 13.0. The van der Waals surface area contributed by atoms with E-state index >= 15 is 0 Å². The van der Waals surface area contributed by atoms with Crippen LogP contribution < -0.4 is 20.1 Å². The summed E-state index contributed by atoms with van der Waals surface area (Å²) in [6.45, 7) is 10.2. The van der Waals surface area contributed by atoms with E-state index in [1.54, 1.807) is 0 Å². The third-order valence-corrected chi connectivity index (χ3v) is 4.64. The third-order valence-electron chi connectivity index (χ3n) is 4.36. The number of nitrogens with zero attached hydrogens (tertiary/aromatic N) is 3. The largest absolute Gasteiger partial charge is 0.486 e. The summed E-state index contributed by atoms with van der Waals surface area (Å²) in [5.41, 5.74) is 3.22. The highest BCUT2D eigenvalue weighted by Gasteiger charge is 2.16. The van der Waals surface area contributed by atoms with Gasteiger partial charge in [0.15, 0.2) is 17.5 Å². The van der Waals surface area contributed by atoms with E-state index in [1.165, 1.54) is 5.69 Å². The minimum absolute atomic E-state index is 0. The summed E-state index contributed by atoms with van der Waals surface area (Å²) in [6.07, 6.45) is 0.961. The van der Waals surface area contributed by atoms with Crippen molar-refractivity contribution in [3.8, 4) is 11.5 Å². The molecule has 1 aliphatic heterocycles. The van der Waals surface area contributed by atoms with Crippen molar-refractivity contribution >= 4 is 41.5 Å². The zero-order valence-corrected chi connectivity index (χ0v) is 20.2. The van der Waals surface area contributed by atoms with Gasteiger partial charge in [-0.2, -0.15) is 5.10 Å². The van der Waals surface area contributed by atoms with Gasteiger partial charge < -0.3 is 20.1 Å². The number of nitrogens with one attached hydrogen (secondary N) is 2. The molecule has 3 rings (SSSR count). The monoisotopic (exact) mass is 533 g/mol. The Morgan fingerprint density at radius 2 is 2.00 bits per heavy atom. The average molecular weight is 534 g/mol. The smallest absolute Gasteiger partial charge is 0.191 e. The fraction of sp³-hybridized carbons (Fsp3) is 0.500. The molecule has 9 heteroatoms. The van der Waals surface area contributed by atoms with Crippen molar-refractivity contribution in [2.75, 3.05) is 26.3 Å². The Balaban J connectivity index is 0.00000300. The second-order valence-electron chi connectivity index (χ2n) is 6.73. The predicted octanol–water partition coefficient (Wildman–Crippen LogP) is 3.69. The topological polar surface area (TPSA) is 72.7 Å². The lowest BCUT2D eigenvalue weighted by molar-refractivity contribution is 0.171. The zero-order chi connectivity index (χ0) is 19.9. The molecule has 0 spiro atoms. The van der Waals surface area contributed by atoms with Gasteiger partial charge in [0.1, 0.15) is 13.2 Å². The Labute approximate surface area is 194 Å². The molecule has 2 N–H and O–H groups in total. The van der Waals surface area contributed by atoms with Gasteiger partial charge in [0.2, 0.25) is 0 Å². The van der Waals surface area contributed by atoms with E-state index in [0.29, 0.717) is 36.3 Å². The molecule has 1 aromatic heterocycles. The molecule has 1 aliphatic rings. The average Bonchev–Trinajstić information content (AvgIpc) is 3.00. The van der Waals surface area contributed by atoms with E-state index in [1.807, 2.05) is 30.7 Å². The molecule has 160 valence electrons. The first-order valence-electron chi connectivity index (χ1n) is 9.68. The van der Waals surface area contributed by atoms with Crippen molar-refractivity contribution in [1.29, 1.82) is 0 Å². The van der Waals surface area contributed by atoms with Gasteiger partial charge in [-0.3, -0.25) is 4.68 Å². The van der Waals surface area contributed by atoms with Crippen LogP contribution in [0.5, 0.6) is 11.5 Å². The number of aromatic nitrogens is 2. The highest BCUT2D eigenvalue weighted by molar-refractivity contribution is 14.0. The van der Waals surface area contributed by atoms with Crippen LogP contribution in [0.15, 0.2) is 23.2 Å². The highest BCUT2D eigenvalue weighted by Crippen LogP contribution is 2.38. The number of rotatable bonds is 7. The van der Waals surface area contributed by atoms with Crippen molar-refractivity contribution in [2.24, 2.45) is 4.99 Å². The summed E-state index contributed by atoms with van der Waals surface area (Å²) in [4.78, 5) is 4.66. The number of fused-ring (bicyclic) bond motifs is 1. The number of benzene rings is 1. The predicted molar refractivity (Wildman–Crippen MR) is 127 cm³/mol. The standard InChI is InChI=1S/C20H28ClN5O2.HI/c1-4-22-20(23-6-5-7-26-15(3)10-14(2)25-26)24-13-16-11-17(21)19-18(12-16)27-8-9-28-19;/h10-12H,4-9,13H2,1-3H3,(H2,22,23,24);1H. The summed E-state index contributed by atoms with van der Waals surface area (Å²) >= 11 is 6.31. The molecule has 2 heterocycles. The summed E-state index contributed by atoms with van der Waals surface area (Å²) in [7, 11) is 0. The Bertz CT molecular complexity index is 841. The zero-order valence-electron chi connectivity index (χ0n) is 17.1. The maximum absolute atomic E-state index is 6.31. The van der Waals surface area contributed by atoms with E-state index in [2.05, 4.69) is 33.7 Å². The van der Waals surface area contributed by atoms with Crippen LogP contribution >= 0.6 is 35.6 Å². The van der Waals surface area contributed by atoms with Gasteiger partial charge in [0, 0.05) is 25.3 Å². The van der Waals surface area contributed by atoms with Crippen LogP contribution in [0.1, 0.15) is 30.3 Å². The molecule has 0 bridgehead atoms. The molecule has 0 radical (unpaired) electrons. The maximum Gasteiger partial charge on any atom is 0.191 e. The van der Waals surface area contributed by atoms with Gasteiger partial charge in [-0.1, -0.05) is 11.6 Å². The number of halogens is 2. The van der Waals surface area contributed by atoms with E-state index in [-0.39, 0.29) is 24.0 Å². The lowest BCUT2D eigenvalue weighted by Gasteiger charge is -2.20. The van der Waals surface area contributed by atoms with Crippen LogP contribution in [0.25, 0.3) is 0 Å². The summed E-state index contributed by atoms with van der Waals surface area (Å²) < 4.78 is 13.2. The Morgan fingerprint density at radius 3 is 2.72 bits per heavy atom. The van der Waals surface area contributed by atoms with Crippen LogP contribution in [0.4, 0.5) is 0 Å². The molecule has 0 aliphatic carbocycles. The first-order chi connectivity index (χ1) is 13.6. The fourth-order valence-electron chi connectivity index (χ4n) is 3.10. The Morgan fingerprint density at radius 1 is 1.21 bits per heavy atom. The van der Waals surface area contributed by atoms with Gasteiger partial charge in [-0.25, -0.2) is 4.99 Å². The number of hydrogen-bond acceptors (Lipinski definition) is 4. The van der Waals surface area contributed by atoms with Crippen LogP contribution in [0.2, 0.25) is 5.02 Å². The SMILES string of the molecule is CCNC(=NCc1cc(Cl)c2c(c1)OCCO2)NCCCn1nc(C)cc1C.I. The van der Waals surface area contributed by atoms with E-state index in [9.17, 15) is 0 Å². The van der Waals surface area contributed by atoms with Crippen LogP contribution in [-0.4, -0.2) is 42.0 Å². The maximum atomic E-state index is 6.31. The molecule has 0 saturated heterocycles. The van der Waals surface area contributed by atoms with Crippen LogP contribution in [0.3, 0.4) is 0 Å². The van der Waals surface area contributed by atoms with Crippen molar-refractivity contribution in [3.63, 3.8) is 0 Å². The number of aliphatic imine (C=N–C) groups is 1. The van der Waals surface area contributed by atoms with Crippen LogP contribution in [-0.2, 0) is 13.1 Å². The molecular formula is C20H29ClIN5O2. The van der Waals surface area contributed by atoms with Crippen molar-refractivity contribution in [3.05, 3.63) is 40.2 Å². The highest BCUT2D eigenvalue weighted by atomic mass is 127. The summed E-state index contributed by atoms with van der Waals surface area (Å²) in [6, 6.07) is 5.92. The Hall–Kier alpha value is -1.68. The summed E-state index contributed by atoms with van der Waals surface area (Å²) in [5.74, 6) is 2.09. The van der Waals surface area contributed by atoms with Crippen molar-refractivity contribution in [2.45, 2.75) is 40.3 Å². The second-order valence-corrected chi connectivity index (χ2v) is 7.13.